The van der Waals surface area contributed by atoms with Gasteiger partial charge in [-0.1, -0.05) is 0 Å². The smallest absolute Gasteiger partial charge is 0.407 e. The number of carboxylic acid groups (broad SMARTS) is 1. The number of hydrogen-bond donors (Lipinski definition) is 1. The predicted molar refractivity (Wildman–Crippen MR) is 88.9 cm³/mol. The van der Waals surface area contributed by atoms with Crippen molar-refractivity contribution in [3.8, 4) is 11.8 Å². The number of nitrogens with zero attached hydrogens (tertiary/aromatic N) is 3. The number of amides is 1. The van der Waals surface area contributed by atoms with E-state index in [4.69, 9.17) is 10.00 Å². The highest BCUT2D eigenvalue weighted by Crippen LogP contribution is 2.39. The largest absolute Gasteiger partial charge is 0.492 e. The molecule has 3 rings (SSSR count). The normalized spacial score (nSPS) is 25.9. The molecule has 1 aromatic carbocycles. The molecule has 2 atom stereocenters. The van der Waals surface area contributed by atoms with Crippen LogP contribution >= 0.6 is 0 Å². The second kappa shape index (κ2) is 7.10. The van der Waals surface area contributed by atoms with Crippen molar-refractivity contribution < 1.29 is 14.6 Å². The van der Waals surface area contributed by atoms with E-state index in [2.05, 4.69) is 11.0 Å². The first-order valence-electron chi connectivity index (χ1n) is 8.39. The maximum absolute atomic E-state index is 11.2. The lowest BCUT2D eigenvalue weighted by Gasteiger charge is -2.41. The van der Waals surface area contributed by atoms with Crippen molar-refractivity contribution in [3.63, 3.8) is 0 Å². The van der Waals surface area contributed by atoms with Crippen LogP contribution in [-0.2, 0) is 0 Å². The molecule has 1 amide bonds. The lowest BCUT2D eigenvalue weighted by molar-refractivity contribution is 0.0537. The standard InChI is InChI=1S/C18H23N3O3/c1-20(18(22)23)17-14-4-5-15(17)12-21(11-14)8-9-24-16-6-2-13(10-19)3-7-16/h2-3,6-7,14-15,17H,4-5,8-9,11-12H2,1H3,(H,22,23). The molecule has 1 N–H and O–H groups in total. The molecule has 6 heteroatoms. The lowest BCUT2D eigenvalue weighted by atomic mass is 9.91. The van der Waals surface area contributed by atoms with Crippen LogP contribution in [0.3, 0.4) is 0 Å². The van der Waals surface area contributed by atoms with Crippen molar-refractivity contribution in [3.05, 3.63) is 29.8 Å². The Hall–Kier alpha value is -2.26. The number of piperidine rings is 1. The summed E-state index contributed by atoms with van der Waals surface area (Å²) >= 11 is 0. The Morgan fingerprint density at radius 1 is 1.33 bits per heavy atom. The highest BCUT2D eigenvalue weighted by molar-refractivity contribution is 5.65. The summed E-state index contributed by atoms with van der Waals surface area (Å²) in [5.74, 6) is 1.64. The minimum atomic E-state index is -0.825. The molecule has 1 aromatic rings. The third kappa shape index (κ3) is 3.46. The summed E-state index contributed by atoms with van der Waals surface area (Å²) in [4.78, 5) is 15.1. The van der Waals surface area contributed by atoms with E-state index in [0.717, 1.165) is 38.2 Å². The van der Waals surface area contributed by atoms with Gasteiger partial charge in [0.1, 0.15) is 12.4 Å². The Morgan fingerprint density at radius 2 is 1.96 bits per heavy atom. The van der Waals surface area contributed by atoms with Crippen molar-refractivity contribution in [1.29, 1.82) is 5.26 Å². The van der Waals surface area contributed by atoms with E-state index < -0.39 is 6.09 Å². The predicted octanol–water partition coefficient (Wildman–Crippen LogP) is 2.26. The first-order valence-corrected chi connectivity index (χ1v) is 8.39. The van der Waals surface area contributed by atoms with E-state index in [0.29, 0.717) is 24.0 Å². The molecule has 2 fully saturated rings. The van der Waals surface area contributed by atoms with E-state index in [9.17, 15) is 9.90 Å². The zero-order valence-electron chi connectivity index (χ0n) is 13.9. The first-order chi connectivity index (χ1) is 11.6. The Kier molecular flexibility index (Phi) is 4.91. The van der Waals surface area contributed by atoms with Crippen LogP contribution in [0.5, 0.6) is 5.75 Å². The molecule has 2 bridgehead atoms. The third-order valence-electron chi connectivity index (χ3n) is 5.27. The number of carbonyl (C=O) groups is 1. The molecule has 1 heterocycles. The Balaban J connectivity index is 1.48. The van der Waals surface area contributed by atoms with Crippen molar-refractivity contribution in [2.75, 3.05) is 33.3 Å². The van der Waals surface area contributed by atoms with E-state index >= 15 is 0 Å². The van der Waals surface area contributed by atoms with Gasteiger partial charge in [-0.3, -0.25) is 4.90 Å². The number of hydrogen-bond acceptors (Lipinski definition) is 4. The molecule has 128 valence electrons. The molecular weight excluding hydrogens is 306 g/mol. The molecule has 1 aliphatic heterocycles. The topological polar surface area (TPSA) is 76.8 Å². The second-order valence-electron chi connectivity index (χ2n) is 6.73. The van der Waals surface area contributed by atoms with Gasteiger partial charge in [-0.25, -0.2) is 4.79 Å². The van der Waals surface area contributed by atoms with Crippen LogP contribution in [0, 0.1) is 23.2 Å². The summed E-state index contributed by atoms with van der Waals surface area (Å²) in [6, 6.07) is 9.39. The zero-order chi connectivity index (χ0) is 17.1. The van der Waals surface area contributed by atoms with Gasteiger partial charge in [0.15, 0.2) is 0 Å². The zero-order valence-corrected chi connectivity index (χ0v) is 13.9. The van der Waals surface area contributed by atoms with Gasteiger partial charge in [0.2, 0.25) is 0 Å². The second-order valence-corrected chi connectivity index (χ2v) is 6.73. The average Bonchev–Trinajstić information content (AvgIpc) is 2.85. The average molecular weight is 329 g/mol. The van der Waals surface area contributed by atoms with Crippen LogP contribution in [0.25, 0.3) is 0 Å². The minimum absolute atomic E-state index is 0.165. The maximum atomic E-state index is 11.2. The van der Waals surface area contributed by atoms with E-state index in [1.54, 1.807) is 19.2 Å². The fourth-order valence-corrected chi connectivity index (χ4v) is 4.15. The van der Waals surface area contributed by atoms with Gasteiger partial charge < -0.3 is 14.7 Å². The summed E-state index contributed by atoms with van der Waals surface area (Å²) < 4.78 is 5.76. The molecule has 2 aliphatic rings. The van der Waals surface area contributed by atoms with Gasteiger partial charge in [-0.2, -0.15) is 5.26 Å². The summed E-state index contributed by atoms with van der Waals surface area (Å²) in [6.07, 6.45) is 1.40. The van der Waals surface area contributed by atoms with Crippen LogP contribution in [0.4, 0.5) is 4.79 Å². The molecule has 0 radical (unpaired) electrons. The van der Waals surface area contributed by atoms with Crippen molar-refractivity contribution in [2.45, 2.75) is 18.9 Å². The number of fused-ring (bicyclic) bond motifs is 2. The minimum Gasteiger partial charge on any atom is -0.492 e. The van der Waals surface area contributed by atoms with Gasteiger partial charge >= 0.3 is 6.09 Å². The third-order valence-corrected chi connectivity index (χ3v) is 5.27. The summed E-state index contributed by atoms with van der Waals surface area (Å²) in [7, 11) is 1.70. The Bertz CT molecular complexity index is 611. The number of nitriles is 1. The Labute approximate surface area is 142 Å². The number of benzene rings is 1. The van der Waals surface area contributed by atoms with Crippen LogP contribution < -0.4 is 4.74 Å². The van der Waals surface area contributed by atoms with E-state index in [1.165, 1.54) is 4.90 Å². The van der Waals surface area contributed by atoms with Crippen LogP contribution in [0.2, 0.25) is 0 Å². The molecule has 2 unspecified atom stereocenters. The molecular formula is C18H23N3O3. The van der Waals surface area contributed by atoms with Crippen molar-refractivity contribution >= 4 is 6.09 Å². The Morgan fingerprint density at radius 3 is 2.50 bits per heavy atom. The monoisotopic (exact) mass is 329 g/mol. The molecule has 1 aliphatic carbocycles. The van der Waals surface area contributed by atoms with E-state index in [-0.39, 0.29) is 6.04 Å². The molecule has 1 saturated heterocycles. The van der Waals surface area contributed by atoms with Crippen molar-refractivity contribution in [1.82, 2.24) is 9.80 Å². The maximum Gasteiger partial charge on any atom is 0.407 e. The number of likely N-dealkylation sites (tertiary alicyclic amines) is 1. The molecule has 0 spiro atoms. The first kappa shape index (κ1) is 16.6. The molecule has 0 aromatic heterocycles. The molecule has 24 heavy (non-hydrogen) atoms. The SMILES string of the molecule is CN(C(=O)O)C1C2CCC1CN(CCOc1ccc(C#N)cc1)C2. The summed E-state index contributed by atoms with van der Waals surface area (Å²) in [5, 5.41) is 18.0. The summed E-state index contributed by atoms with van der Waals surface area (Å²) in [6.45, 7) is 3.33. The van der Waals surface area contributed by atoms with Gasteiger partial charge in [0, 0.05) is 32.7 Å². The fraction of sp³-hybridized carbons (Fsp3) is 0.556. The van der Waals surface area contributed by atoms with Crippen molar-refractivity contribution in [2.24, 2.45) is 11.8 Å². The summed E-state index contributed by atoms with van der Waals surface area (Å²) in [5.41, 5.74) is 0.628. The number of rotatable bonds is 5. The fourth-order valence-electron chi connectivity index (χ4n) is 4.15. The van der Waals surface area contributed by atoms with Crippen LogP contribution in [-0.4, -0.2) is 60.3 Å². The van der Waals surface area contributed by atoms with Gasteiger partial charge in [0.25, 0.3) is 0 Å². The molecule has 6 nitrogen and oxygen atoms in total. The molecule has 1 saturated carbocycles. The van der Waals surface area contributed by atoms with E-state index in [1.807, 2.05) is 12.1 Å². The van der Waals surface area contributed by atoms with Crippen LogP contribution in [0.1, 0.15) is 18.4 Å². The highest BCUT2D eigenvalue weighted by Gasteiger charge is 2.45. The quantitative estimate of drug-likeness (QED) is 0.896. The van der Waals surface area contributed by atoms with Gasteiger partial charge in [-0.05, 0) is 48.9 Å². The van der Waals surface area contributed by atoms with Gasteiger partial charge in [0.05, 0.1) is 11.6 Å². The highest BCUT2D eigenvalue weighted by atomic mass is 16.5. The van der Waals surface area contributed by atoms with Crippen LogP contribution in [0.15, 0.2) is 24.3 Å². The number of ether oxygens (including phenoxy) is 1. The van der Waals surface area contributed by atoms with Gasteiger partial charge in [-0.15, -0.1) is 0 Å². The lowest BCUT2D eigenvalue weighted by Crippen LogP contribution is -2.53.